The van der Waals surface area contributed by atoms with Gasteiger partial charge in [0.2, 0.25) is 0 Å². The van der Waals surface area contributed by atoms with E-state index in [-0.39, 0.29) is 23.0 Å². The molecule has 1 aliphatic rings. The van der Waals surface area contributed by atoms with Crippen molar-refractivity contribution >= 4 is 5.97 Å². The van der Waals surface area contributed by atoms with Gasteiger partial charge in [-0.05, 0) is 47.5 Å². The number of ether oxygens (including phenoxy) is 1. The van der Waals surface area contributed by atoms with Gasteiger partial charge in [0.25, 0.3) is 0 Å². The van der Waals surface area contributed by atoms with E-state index in [4.69, 9.17) is 4.74 Å². The Morgan fingerprint density at radius 1 is 1.40 bits per heavy atom. The Labute approximate surface area is 92.6 Å². The molecule has 0 amide bonds. The minimum Gasteiger partial charge on any atom is -0.460 e. The summed E-state index contributed by atoms with van der Waals surface area (Å²) in [5.74, 6) is -0.0391. The van der Waals surface area contributed by atoms with Gasteiger partial charge < -0.3 is 10.1 Å². The molecule has 1 heterocycles. The van der Waals surface area contributed by atoms with Crippen molar-refractivity contribution in [2.24, 2.45) is 5.92 Å². The van der Waals surface area contributed by atoms with Gasteiger partial charge in [-0.3, -0.25) is 4.79 Å². The van der Waals surface area contributed by atoms with Crippen LogP contribution in [-0.4, -0.2) is 23.7 Å². The van der Waals surface area contributed by atoms with Gasteiger partial charge in [-0.1, -0.05) is 0 Å². The Bertz CT molecular complexity index is 230. The molecular weight excluding hydrogens is 190 g/mol. The Balaban J connectivity index is 2.44. The van der Waals surface area contributed by atoms with E-state index in [0.717, 1.165) is 19.4 Å². The third kappa shape index (κ3) is 4.20. The zero-order valence-corrected chi connectivity index (χ0v) is 10.5. The van der Waals surface area contributed by atoms with Crippen molar-refractivity contribution in [1.82, 2.24) is 5.32 Å². The van der Waals surface area contributed by atoms with Gasteiger partial charge in [0.05, 0.1) is 5.92 Å². The number of carbonyl (C=O) groups is 1. The third-order valence-corrected chi connectivity index (χ3v) is 2.68. The molecule has 1 atom stereocenters. The number of hydrogen-bond donors (Lipinski definition) is 1. The zero-order chi connectivity index (χ0) is 11.7. The Morgan fingerprint density at radius 3 is 2.40 bits per heavy atom. The lowest BCUT2D eigenvalue weighted by Crippen LogP contribution is -2.49. The maximum Gasteiger partial charge on any atom is 0.310 e. The summed E-state index contributed by atoms with van der Waals surface area (Å²) in [5.41, 5.74) is -0.206. The molecule has 0 bridgehead atoms. The van der Waals surface area contributed by atoms with Crippen molar-refractivity contribution in [2.75, 3.05) is 6.54 Å². The molecule has 0 aromatic rings. The highest BCUT2D eigenvalue weighted by atomic mass is 16.6. The van der Waals surface area contributed by atoms with Gasteiger partial charge >= 0.3 is 5.97 Å². The molecule has 3 nitrogen and oxygen atoms in total. The number of hydrogen-bond acceptors (Lipinski definition) is 3. The molecule has 88 valence electrons. The fraction of sp³-hybridized carbons (Fsp3) is 0.917. The van der Waals surface area contributed by atoms with Crippen LogP contribution in [0.3, 0.4) is 0 Å². The van der Waals surface area contributed by atoms with Crippen molar-refractivity contribution in [1.29, 1.82) is 0 Å². The molecule has 3 heteroatoms. The minimum absolute atomic E-state index is 0.0252. The first kappa shape index (κ1) is 12.5. The van der Waals surface area contributed by atoms with Gasteiger partial charge in [-0.25, -0.2) is 0 Å². The molecule has 0 saturated carbocycles. The summed E-state index contributed by atoms with van der Waals surface area (Å²) in [7, 11) is 0. The molecule has 0 spiro atoms. The zero-order valence-electron chi connectivity index (χ0n) is 10.5. The largest absolute Gasteiger partial charge is 0.460 e. The summed E-state index contributed by atoms with van der Waals surface area (Å²) < 4.78 is 5.37. The van der Waals surface area contributed by atoms with Gasteiger partial charge in [0, 0.05) is 12.1 Å². The fourth-order valence-corrected chi connectivity index (χ4v) is 1.71. The van der Waals surface area contributed by atoms with Gasteiger partial charge in [0.1, 0.15) is 5.60 Å². The molecule has 1 aliphatic heterocycles. The molecule has 15 heavy (non-hydrogen) atoms. The summed E-state index contributed by atoms with van der Waals surface area (Å²) in [6.07, 6.45) is 1.95. The molecule has 0 aliphatic carbocycles. The fourth-order valence-electron chi connectivity index (χ4n) is 1.71. The van der Waals surface area contributed by atoms with E-state index in [9.17, 15) is 4.79 Å². The minimum atomic E-state index is -0.371. The molecule has 1 fully saturated rings. The smallest absolute Gasteiger partial charge is 0.310 e. The van der Waals surface area contributed by atoms with Gasteiger partial charge in [-0.15, -0.1) is 0 Å². The van der Waals surface area contributed by atoms with Crippen LogP contribution < -0.4 is 5.32 Å². The lowest BCUT2D eigenvalue weighted by molar-refractivity contribution is -0.161. The van der Waals surface area contributed by atoms with Crippen molar-refractivity contribution in [3.05, 3.63) is 0 Å². The molecule has 1 N–H and O–H groups in total. The molecule has 0 aromatic heterocycles. The monoisotopic (exact) mass is 213 g/mol. The van der Waals surface area contributed by atoms with Crippen LogP contribution >= 0.6 is 0 Å². The normalized spacial score (nSPS) is 26.1. The average molecular weight is 213 g/mol. The Kier molecular flexibility index (Phi) is 3.44. The van der Waals surface area contributed by atoms with E-state index in [0.29, 0.717) is 0 Å². The van der Waals surface area contributed by atoms with Crippen LogP contribution in [0.5, 0.6) is 0 Å². The SMILES string of the molecule is CC1(C)CCC(C(=O)OC(C)(C)C)CN1. The average Bonchev–Trinajstić information content (AvgIpc) is 2.00. The van der Waals surface area contributed by atoms with Gasteiger partial charge in [0.15, 0.2) is 0 Å². The second-order valence-corrected chi connectivity index (χ2v) is 6.03. The van der Waals surface area contributed by atoms with Crippen molar-refractivity contribution in [3.8, 4) is 0 Å². The topological polar surface area (TPSA) is 38.3 Å². The van der Waals surface area contributed by atoms with Crippen LogP contribution in [-0.2, 0) is 9.53 Å². The highest BCUT2D eigenvalue weighted by Gasteiger charge is 2.32. The maximum absolute atomic E-state index is 11.8. The summed E-state index contributed by atoms with van der Waals surface area (Å²) >= 11 is 0. The predicted octanol–water partition coefficient (Wildman–Crippen LogP) is 2.11. The molecule has 1 rings (SSSR count). The molecule has 1 unspecified atom stereocenters. The Hall–Kier alpha value is -0.570. The number of esters is 1. The van der Waals surface area contributed by atoms with E-state index in [1.165, 1.54) is 0 Å². The second kappa shape index (κ2) is 4.12. The Morgan fingerprint density at radius 2 is 2.00 bits per heavy atom. The van der Waals surface area contributed by atoms with E-state index in [2.05, 4.69) is 19.2 Å². The predicted molar refractivity (Wildman–Crippen MR) is 60.7 cm³/mol. The van der Waals surface area contributed by atoms with Crippen LogP contribution in [0.15, 0.2) is 0 Å². The summed E-state index contributed by atoms with van der Waals surface area (Å²) in [5, 5.41) is 3.37. The summed E-state index contributed by atoms with van der Waals surface area (Å²) in [4.78, 5) is 11.8. The van der Waals surface area contributed by atoms with Crippen LogP contribution in [0.4, 0.5) is 0 Å². The number of rotatable bonds is 1. The number of carbonyl (C=O) groups excluding carboxylic acids is 1. The third-order valence-electron chi connectivity index (χ3n) is 2.68. The quantitative estimate of drug-likeness (QED) is 0.678. The van der Waals surface area contributed by atoms with Crippen LogP contribution in [0.25, 0.3) is 0 Å². The summed E-state index contributed by atoms with van der Waals surface area (Å²) in [6.45, 7) is 10.8. The van der Waals surface area contributed by atoms with Crippen molar-refractivity contribution < 1.29 is 9.53 Å². The molecule has 1 saturated heterocycles. The first-order chi connectivity index (χ1) is 6.70. The highest BCUT2D eigenvalue weighted by molar-refractivity contribution is 5.73. The van der Waals surface area contributed by atoms with Gasteiger partial charge in [-0.2, -0.15) is 0 Å². The van der Waals surface area contributed by atoms with E-state index >= 15 is 0 Å². The lowest BCUT2D eigenvalue weighted by atomic mass is 9.87. The van der Waals surface area contributed by atoms with Crippen LogP contribution in [0.1, 0.15) is 47.5 Å². The van der Waals surface area contributed by atoms with Crippen LogP contribution in [0, 0.1) is 5.92 Å². The lowest BCUT2D eigenvalue weighted by Gasteiger charge is -2.35. The maximum atomic E-state index is 11.8. The highest BCUT2D eigenvalue weighted by Crippen LogP contribution is 2.24. The molecule has 0 radical (unpaired) electrons. The van der Waals surface area contributed by atoms with Crippen molar-refractivity contribution in [2.45, 2.75) is 58.6 Å². The molecule has 0 aromatic carbocycles. The van der Waals surface area contributed by atoms with E-state index in [1.807, 2.05) is 20.8 Å². The van der Waals surface area contributed by atoms with Crippen molar-refractivity contribution in [3.63, 3.8) is 0 Å². The van der Waals surface area contributed by atoms with E-state index < -0.39 is 0 Å². The first-order valence-electron chi connectivity index (χ1n) is 5.67. The van der Waals surface area contributed by atoms with E-state index in [1.54, 1.807) is 0 Å². The first-order valence-corrected chi connectivity index (χ1v) is 5.67. The number of piperidine rings is 1. The number of nitrogens with one attached hydrogen (secondary N) is 1. The van der Waals surface area contributed by atoms with Crippen LogP contribution in [0.2, 0.25) is 0 Å². The summed E-state index contributed by atoms with van der Waals surface area (Å²) in [6, 6.07) is 0. The second-order valence-electron chi connectivity index (χ2n) is 6.03. The standard InChI is InChI=1S/C12H23NO2/c1-11(2,3)15-10(14)9-6-7-12(4,5)13-8-9/h9,13H,6-8H2,1-5H3. The molecular formula is C12H23NO2.